The van der Waals surface area contributed by atoms with E-state index in [1.165, 1.54) is 14.2 Å². The van der Waals surface area contributed by atoms with Crippen molar-refractivity contribution in [3.8, 4) is 0 Å². The molecule has 82 valence electrons. The maximum Gasteiger partial charge on any atom is 0.307 e. The molecule has 0 aromatic heterocycles. The third kappa shape index (κ3) is 6.42. The highest BCUT2D eigenvalue weighted by Gasteiger charge is 2.08. The van der Waals surface area contributed by atoms with Gasteiger partial charge in [-0.2, -0.15) is 0 Å². The number of carbonyl (C=O) groups is 2. The van der Waals surface area contributed by atoms with Gasteiger partial charge in [-0.25, -0.2) is 0 Å². The van der Waals surface area contributed by atoms with Crippen LogP contribution >= 0.6 is 0 Å². The van der Waals surface area contributed by atoms with Gasteiger partial charge in [0.1, 0.15) is 0 Å². The van der Waals surface area contributed by atoms with Crippen LogP contribution in [0.3, 0.4) is 0 Å². The van der Waals surface area contributed by atoms with Crippen molar-refractivity contribution in [2.75, 3.05) is 20.8 Å². The van der Waals surface area contributed by atoms with Crippen LogP contribution in [-0.2, 0) is 19.1 Å². The molecule has 1 atom stereocenters. The molecule has 0 aromatic rings. The molecule has 1 N–H and O–H groups in total. The van der Waals surface area contributed by atoms with Crippen LogP contribution in [0, 0.1) is 0 Å². The van der Waals surface area contributed by atoms with Gasteiger partial charge >= 0.3 is 11.9 Å². The fourth-order valence-corrected chi connectivity index (χ4v) is 0.928. The van der Waals surface area contributed by atoms with Gasteiger partial charge in [0.05, 0.1) is 27.1 Å². The number of rotatable bonds is 6. The lowest BCUT2D eigenvalue weighted by atomic mass is 10.2. The SMILES string of the molecule is COC(=O)CCNC(C)CC(=O)OC. The van der Waals surface area contributed by atoms with Gasteiger partial charge in [-0.1, -0.05) is 0 Å². The standard InChI is InChI=1S/C9H17NO4/c1-7(6-9(12)14-3)10-5-4-8(11)13-2/h7,10H,4-6H2,1-3H3. The average Bonchev–Trinajstić information content (AvgIpc) is 2.17. The maximum atomic E-state index is 10.8. The van der Waals surface area contributed by atoms with Gasteiger partial charge in [-0.05, 0) is 6.92 Å². The number of ether oxygens (including phenoxy) is 2. The van der Waals surface area contributed by atoms with Crippen LogP contribution in [0.15, 0.2) is 0 Å². The minimum Gasteiger partial charge on any atom is -0.469 e. The fraction of sp³-hybridized carbons (Fsp3) is 0.778. The fourth-order valence-electron chi connectivity index (χ4n) is 0.928. The number of nitrogens with one attached hydrogen (secondary N) is 1. The molecule has 14 heavy (non-hydrogen) atoms. The highest BCUT2D eigenvalue weighted by molar-refractivity contribution is 5.70. The molecule has 0 bridgehead atoms. The molecule has 5 nitrogen and oxygen atoms in total. The molecule has 0 spiro atoms. The van der Waals surface area contributed by atoms with E-state index in [2.05, 4.69) is 14.8 Å². The van der Waals surface area contributed by atoms with E-state index in [1.54, 1.807) is 0 Å². The minimum absolute atomic E-state index is 0.00658. The summed E-state index contributed by atoms with van der Waals surface area (Å²) in [5.74, 6) is -0.522. The quantitative estimate of drug-likeness (QED) is 0.620. The first-order chi connectivity index (χ1) is 6.60. The van der Waals surface area contributed by atoms with Crippen molar-refractivity contribution in [3.05, 3.63) is 0 Å². The molecule has 0 aromatic carbocycles. The molecule has 0 radical (unpaired) electrons. The van der Waals surface area contributed by atoms with Crippen LogP contribution in [0.1, 0.15) is 19.8 Å². The smallest absolute Gasteiger partial charge is 0.307 e. The topological polar surface area (TPSA) is 64.6 Å². The zero-order chi connectivity index (χ0) is 11.0. The van der Waals surface area contributed by atoms with Crippen molar-refractivity contribution in [2.24, 2.45) is 0 Å². The highest BCUT2D eigenvalue weighted by Crippen LogP contribution is 1.93. The zero-order valence-electron chi connectivity index (χ0n) is 8.83. The Labute approximate surface area is 83.8 Å². The Kier molecular flexibility index (Phi) is 6.74. The van der Waals surface area contributed by atoms with Gasteiger partial charge in [0.15, 0.2) is 0 Å². The molecule has 0 amide bonds. The van der Waals surface area contributed by atoms with E-state index < -0.39 is 0 Å². The van der Waals surface area contributed by atoms with E-state index in [4.69, 9.17) is 0 Å². The van der Waals surface area contributed by atoms with Crippen LogP contribution in [0.4, 0.5) is 0 Å². The number of esters is 2. The van der Waals surface area contributed by atoms with Crippen molar-refractivity contribution < 1.29 is 19.1 Å². The average molecular weight is 203 g/mol. The Hall–Kier alpha value is -1.10. The van der Waals surface area contributed by atoms with Gasteiger partial charge in [0, 0.05) is 12.6 Å². The predicted octanol–water partition coefficient (Wildman–Crippen LogP) is 0.0907. The van der Waals surface area contributed by atoms with Gasteiger partial charge in [0.2, 0.25) is 0 Å². The second kappa shape index (κ2) is 7.32. The van der Waals surface area contributed by atoms with Crippen molar-refractivity contribution in [1.29, 1.82) is 0 Å². The Balaban J connectivity index is 3.49. The van der Waals surface area contributed by atoms with Gasteiger partial charge in [-0.3, -0.25) is 9.59 Å². The summed E-state index contributed by atoms with van der Waals surface area (Å²) in [6, 6.07) is 0.00658. The van der Waals surface area contributed by atoms with E-state index in [-0.39, 0.29) is 18.0 Å². The molecule has 0 heterocycles. The summed E-state index contributed by atoms with van der Waals surface area (Å²) in [7, 11) is 2.70. The van der Waals surface area contributed by atoms with E-state index in [0.717, 1.165) is 0 Å². The first kappa shape index (κ1) is 12.9. The Morgan fingerprint density at radius 2 is 1.79 bits per heavy atom. The number of methoxy groups -OCH3 is 2. The summed E-state index contributed by atoms with van der Waals surface area (Å²) >= 11 is 0. The largest absolute Gasteiger partial charge is 0.469 e. The molecular weight excluding hydrogens is 186 g/mol. The van der Waals surface area contributed by atoms with Crippen LogP contribution in [0.2, 0.25) is 0 Å². The van der Waals surface area contributed by atoms with Crippen LogP contribution in [0.25, 0.3) is 0 Å². The van der Waals surface area contributed by atoms with Gasteiger partial charge in [0.25, 0.3) is 0 Å². The normalized spacial score (nSPS) is 11.9. The first-order valence-corrected chi connectivity index (χ1v) is 4.47. The van der Waals surface area contributed by atoms with Crippen LogP contribution in [-0.4, -0.2) is 38.7 Å². The van der Waals surface area contributed by atoms with Crippen molar-refractivity contribution >= 4 is 11.9 Å². The molecule has 5 heteroatoms. The van der Waals surface area contributed by atoms with E-state index in [1.807, 2.05) is 6.92 Å². The molecule has 0 fully saturated rings. The van der Waals surface area contributed by atoms with Crippen molar-refractivity contribution in [1.82, 2.24) is 5.32 Å². The second-order valence-electron chi connectivity index (χ2n) is 2.96. The van der Waals surface area contributed by atoms with Crippen LogP contribution < -0.4 is 5.32 Å². The lowest BCUT2D eigenvalue weighted by Gasteiger charge is -2.11. The first-order valence-electron chi connectivity index (χ1n) is 4.47. The van der Waals surface area contributed by atoms with E-state index in [0.29, 0.717) is 19.4 Å². The summed E-state index contributed by atoms with van der Waals surface area (Å²) < 4.78 is 8.96. The maximum absolute atomic E-state index is 10.8. The number of carbonyl (C=O) groups excluding carboxylic acids is 2. The molecule has 0 aliphatic rings. The van der Waals surface area contributed by atoms with Crippen molar-refractivity contribution in [3.63, 3.8) is 0 Å². The molecule has 0 rings (SSSR count). The Bertz CT molecular complexity index is 193. The molecule has 0 aliphatic carbocycles. The summed E-state index contributed by atoms with van der Waals surface area (Å²) in [5, 5.41) is 3.01. The third-order valence-electron chi connectivity index (χ3n) is 1.75. The van der Waals surface area contributed by atoms with Crippen molar-refractivity contribution in [2.45, 2.75) is 25.8 Å². The summed E-state index contributed by atoms with van der Waals surface area (Å²) in [4.78, 5) is 21.5. The molecule has 0 saturated carbocycles. The lowest BCUT2D eigenvalue weighted by molar-refractivity contribution is -0.141. The highest BCUT2D eigenvalue weighted by atomic mass is 16.5. The summed E-state index contributed by atoms with van der Waals surface area (Å²) in [6.07, 6.45) is 0.611. The zero-order valence-corrected chi connectivity index (χ0v) is 8.83. The van der Waals surface area contributed by atoms with E-state index >= 15 is 0 Å². The molecule has 1 unspecified atom stereocenters. The Morgan fingerprint density at radius 1 is 1.21 bits per heavy atom. The monoisotopic (exact) mass is 203 g/mol. The molecule has 0 saturated heterocycles. The van der Waals surface area contributed by atoms with Gasteiger partial charge < -0.3 is 14.8 Å². The summed E-state index contributed by atoms with van der Waals surface area (Å²) in [6.45, 7) is 2.36. The molecule has 0 aliphatic heterocycles. The number of hydrogen-bond donors (Lipinski definition) is 1. The summed E-state index contributed by atoms with van der Waals surface area (Å²) in [5.41, 5.74) is 0. The lowest BCUT2D eigenvalue weighted by Crippen LogP contribution is -2.30. The molecular formula is C9H17NO4. The third-order valence-corrected chi connectivity index (χ3v) is 1.75. The minimum atomic E-state index is -0.261. The van der Waals surface area contributed by atoms with E-state index in [9.17, 15) is 9.59 Å². The van der Waals surface area contributed by atoms with Crippen LogP contribution in [0.5, 0.6) is 0 Å². The number of hydrogen-bond acceptors (Lipinski definition) is 5. The van der Waals surface area contributed by atoms with Gasteiger partial charge in [-0.15, -0.1) is 0 Å². The Morgan fingerprint density at radius 3 is 2.29 bits per heavy atom. The predicted molar refractivity (Wildman–Crippen MR) is 50.7 cm³/mol. The second-order valence-corrected chi connectivity index (χ2v) is 2.96.